The molecular formula is C20H27NO5. The van der Waals surface area contributed by atoms with E-state index in [9.17, 15) is 14.7 Å². The molecule has 3 unspecified atom stereocenters. The molecule has 2 fully saturated rings. The molecule has 1 saturated carbocycles. The molecule has 0 bridgehead atoms. The van der Waals surface area contributed by atoms with E-state index in [4.69, 9.17) is 9.47 Å². The molecule has 6 nitrogen and oxygen atoms in total. The highest BCUT2D eigenvalue weighted by molar-refractivity contribution is 5.84. The fourth-order valence-corrected chi connectivity index (χ4v) is 4.23. The number of hydrogen-bond donors (Lipinski definition) is 1. The first-order valence-corrected chi connectivity index (χ1v) is 9.48. The Morgan fingerprint density at radius 3 is 2.50 bits per heavy atom. The molecule has 0 spiro atoms. The van der Waals surface area contributed by atoms with Gasteiger partial charge < -0.3 is 19.5 Å². The molecule has 1 aromatic carbocycles. The minimum absolute atomic E-state index is 0.0675. The zero-order valence-corrected chi connectivity index (χ0v) is 15.2. The maximum atomic E-state index is 12.5. The number of benzene rings is 1. The molecule has 1 amide bonds. The van der Waals surface area contributed by atoms with Crippen molar-refractivity contribution >= 4 is 11.9 Å². The van der Waals surface area contributed by atoms with E-state index in [1.807, 2.05) is 31.2 Å². The van der Waals surface area contributed by atoms with Crippen molar-refractivity contribution in [2.24, 2.45) is 11.8 Å². The Morgan fingerprint density at radius 2 is 1.85 bits per heavy atom. The Morgan fingerprint density at radius 1 is 1.15 bits per heavy atom. The highest BCUT2D eigenvalue weighted by Crippen LogP contribution is 2.42. The lowest BCUT2D eigenvalue weighted by molar-refractivity contribution is -0.149. The van der Waals surface area contributed by atoms with Crippen molar-refractivity contribution in [2.45, 2.75) is 45.1 Å². The first kappa shape index (κ1) is 18.5. The van der Waals surface area contributed by atoms with Crippen molar-refractivity contribution in [2.75, 3.05) is 19.8 Å². The predicted molar refractivity (Wildman–Crippen MR) is 96.3 cm³/mol. The van der Waals surface area contributed by atoms with Crippen LogP contribution in [0.2, 0.25) is 0 Å². The molecule has 3 rings (SSSR count). The van der Waals surface area contributed by atoms with Gasteiger partial charge in [0, 0.05) is 13.0 Å². The van der Waals surface area contributed by atoms with Crippen molar-refractivity contribution in [3.8, 4) is 11.5 Å². The molecule has 0 radical (unpaired) electrons. The van der Waals surface area contributed by atoms with Gasteiger partial charge in [0.05, 0.1) is 13.2 Å². The zero-order chi connectivity index (χ0) is 18.5. The second-order valence-corrected chi connectivity index (χ2v) is 7.04. The summed E-state index contributed by atoms with van der Waals surface area (Å²) >= 11 is 0. The molecule has 6 heteroatoms. The third-order valence-electron chi connectivity index (χ3n) is 5.40. The van der Waals surface area contributed by atoms with Crippen molar-refractivity contribution in [3.05, 3.63) is 24.3 Å². The third-order valence-corrected chi connectivity index (χ3v) is 5.40. The van der Waals surface area contributed by atoms with Gasteiger partial charge in [0.1, 0.15) is 17.5 Å². The largest absolute Gasteiger partial charge is 0.494 e. The van der Waals surface area contributed by atoms with Crippen LogP contribution in [0.3, 0.4) is 0 Å². The number of carboxylic acids is 1. The summed E-state index contributed by atoms with van der Waals surface area (Å²) in [6, 6.07) is 6.75. The topological polar surface area (TPSA) is 76.1 Å². The molecule has 1 N–H and O–H groups in total. The molecule has 142 valence electrons. The highest BCUT2D eigenvalue weighted by atomic mass is 16.5. The number of carbonyl (C=O) groups is 2. The Kier molecular flexibility index (Phi) is 6.01. The number of likely N-dealkylation sites (tertiary alicyclic amines) is 1. The summed E-state index contributed by atoms with van der Waals surface area (Å²) in [6.07, 6.45) is 3.94. The quantitative estimate of drug-likeness (QED) is 0.721. The number of nitrogens with zero attached hydrogens (tertiary/aromatic N) is 1. The maximum absolute atomic E-state index is 12.5. The summed E-state index contributed by atoms with van der Waals surface area (Å²) in [7, 11) is 0. The Balaban J connectivity index is 1.44. The van der Waals surface area contributed by atoms with Crippen molar-refractivity contribution in [1.29, 1.82) is 0 Å². The van der Waals surface area contributed by atoms with Crippen LogP contribution in [-0.2, 0) is 9.59 Å². The molecular weight excluding hydrogens is 334 g/mol. The lowest BCUT2D eigenvalue weighted by Crippen LogP contribution is -2.43. The number of ether oxygens (including phenoxy) is 2. The van der Waals surface area contributed by atoms with Gasteiger partial charge in [-0.3, -0.25) is 4.79 Å². The zero-order valence-electron chi connectivity index (χ0n) is 15.2. The van der Waals surface area contributed by atoms with Gasteiger partial charge >= 0.3 is 5.97 Å². The van der Waals surface area contributed by atoms with Gasteiger partial charge in [-0.2, -0.15) is 0 Å². The predicted octanol–water partition coefficient (Wildman–Crippen LogP) is 2.96. The van der Waals surface area contributed by atoms with Gasteiger partial charge in [0.2, 0.25) is 5.91 Å². The number of aliphatic carboxylic acids is 1. The van der Waals surface area contributed by atoms with Gasteiger partial charge in [-0.15, -0.1) is 0 Å². The van der Waals surface area contributed by atoms with E-state index in [0.717, 1.165) is 30.8 Å². The average Bonchev–Trinajstić information content (AvgIpc) is 3.20. The number of rotatable bonds is 8. The second kappa shape index (κ2) is 8.43. The van der Waals surface area contributed by atoms with Crippen LogP contribution in [0.4, 0.5) is 0 Å². The fourth-order valence-electron chi connectivity index (χ4n) is 4.23. The number of amides is 1. The third kappa shape index (κ3) is 4.11. The van der Waals surface area contributed by atoms with Crippen LogP contribution in [0.25, 0.3) is 0 Å². The number of carbonyl (C=O) groups excluding carboxylic acids is 1. The van der Waals surface area contributed by atoms with Crippen LogP contribution < -0.4 is 9.47 Å². The molecule has 0 aromatic heterocycles. The summed E-state index contributed by atoms with van der Waals surface area (Å²) in [5, 5.41) is 9.53. The van der Waals surface area contributed by atoms with Gasteiger partial charge in [-0.25, -0.2) is 4.79 Å². The fraction of sp³-hybridized carbons (Fsp3) is 0.600. The molecule has 1 aliphatic carbocycles. The second-order valence-electron chi connectivity index (χ2n) is 7.04. The van der Waals surface area contributed by atoms with Crippen LogP contribution in [-0.4, -0.2) is 47.7 Å². The normalized spacial score (nSPS) is 24.3. The maximum Gasteiger partial charge on any atom is 0.326 e. The molecule has 1 aliphatic heterocycles. The van der Waals surface area contributed by atoms with Gasteiger partial charge in [0.15, 0.2) is 0 Å². The number of carboxylic acid groups (broad SMARTS) is 1. The van der Waals surface area contributed by atoms with Crippen LogP contribution in [0.15, 0.2) is 24.3 Å². The Bertz CT molecular complexity index is 630. The monoisotopic (exact) mass is 361 g/mol. The van der Waals surface area contributed by atoms with Gasteiger partial charge in [-0.1, -0.05) is 6.42 Å². The Hall–Kier alpha value is -2.24. The summed E-state index contributed by atoms with van der Waals surface area (Å²) in [5.74, 6) is 1.10. The van der Waals surface area contributed by atoms with Gasteiger partial charge in [0.25, 0.3) is 0 Å². The first-order chi connectivity index (χ1) is 12.6. The number of hydrogen-bond acceptors (Lipinski definition) is 4. The number of fused-ring (bicyclic) bond motifs is 1. The van der Waals surface area contributed by atoms with E-state index < -0.39 is 12.0 Å². The van der Waals surface area contributed by atoms with Crippen LogP contribution in [0.5, 0.6) is 11.5 Å². The Labute approximate surface area is 154 Å². The van der Waals surface area contributed by atoms with Crippen molar-refractivity contribution < 1.29 is 24.2 Å². The van der Waals surface area contributed by atoms with E-state index >= 15 is 0 Å². The SMILES string of the molecule is CCOc1ccc(OCCCC(=O)N2CC3CCCC3C2C(=O)O)cc1. The highest BCUT2D eigenvalue weighted by Gasteiger charge is 2.49. The summed E-state index contributed by atoms with van der Waals surface area (Å²) in [6.45, 7) is 3.58. The van der Waals surface area contributed by atoms with E-state index in [1.165, 1.54) is 0 Å². The van der Waals surface area contributed by atoms with Crippen LogP contribution in [0.1, 0.15) is 39.0 Å². The molecule has 1 heterocycles. The smallest absolute Gasteiger partial charge is 0.326 e. The molecule has 26 heavy (non-hydrogen) atoms. The molecule has 2 aliphatic rings. The van der Waals surface area contributed by atoms with Gasteiger partial charge in [-0.05, 0) is 62.3 Å². The molecule has 1 saturated heterocycles. The van der Waals surface area contributed by atoms with Crippen LogP contribution in [0, 0.1) is 11.8 Å². The van der Waals surface area contributed by atoms with E-state index in [1.54, 1.807) is 4.90 Å². The molecule has 3 atom stereocenters. The molecule has 1 aromatic rings. The van der Waals surface area contributed by atoms with Crippen molar-refractivity contribution in [3.63, 3.8) is 0 Å². The minimum Gasteiger partial charge on any atom is -0.494 e. The standard InChI is InChI=1S/C20H27NO5/c1-2-25-15-8-10-16(11-9-15)26-12-4-7-18(22)21-13-14-5-3-6-17(14)19(21)20(23)24/h8-11,14,17,19H,2-7,12-13H2,1H3,(H,23,24). The lowest BCUT2D eigenvalue weighted by atomic mass is 9.94. The van der Waals surface area contributed by atoms with Crippen molar-refractivity contribution in [1.82, 2.24) is 4.90 Å². The van der Waals surface area contributed by atoms with E-state index in [2.05, 4.69) is 0 Å². The first-order valence-electron chi connectivity index (χ1n) is 9.48. The summed E-state index contributed by atoms with van der Waals surface area (Å²) in [5.41, 5.74) is 0. The van der Waals surface area contributed by atoms with E-state index in [-0.39, 0.29) is 11.8 Å². The van der Waals surface area contributed by atoms with E-state index in [0.29, 0.717) is 38.5 Å². The summed E-state index contributed by atoms with van der Waals surface area (Å²) < 4.78 is 11.0. The average molecular weight is 361 g/mol. The van der Waals surface area contributed by atoms with Crippen LogP contribution >= 0.6 is 0 Å². The summed E-state index contributed by atoms with van der Waals surface area (Å²) in [4.78, 5) is 25.7. The lowest BCUT2D eigenvalue weighted by Gasteiger charge is -2.24. The minimum atomic E-state index is -0.863.